The molecule has 1 N–H and O–H groups in total. The van der Waals surface area contributed by atoms with Crippen molar-refractivity contribution in [2.24, 2.45) is 0 Å². The number of pyridine rings is 1. The number of rotatable bonds is 6. The van der Waals surface area contributed by atoms with E-state index in [1.807, 2.05) is 72.7 Å². The Morgan fingerprint density at radius 2 is 1.97 bits per heavy atom. The fraction of sp³-hybridized carbons (Fsp3) is 0.360. The number of aryl methyl sites for hydroxylation is 2. The number of para-hydroxylation sites is 1. The number of benzene rings is 1. The third-order valence-corrected chi connectivity index (χ3v) is 6.33. The molecule has 0 aliphatic heterocycles. The van der Waals surface area contributed by atoms with Crippen molar-refractivity contribution in [3.05, 3.63) is 70.8 Å². The van der Waals surface area contributed by atoms with Crippen LogP contribution in [0.4, 0.5) is 0 Å². The van der Waals surface area contributed by atoms with Gasteiger partial charge >= 0.3 is 0 Å². The van der Waals surface area contributed by atoms with Gasteiger partial charge in [-0.3, -0.25) is 9.48 Å². The van der Waals surface area contributed by atoms with Crippen LogP contribution >= 0.6 is 0 Å². The fourth-order valence-electron chi connectivity index (χ4n) is 4.38. The number of carbonyl (C=O) groups excluding carboxylic acids is 1. The molecule has 3 heterocycles. The van der Waals surface area contributed by atoms with Crippen molar-refractivity contribution >= 4 is 16.9 Å². The van der Waals surface area contributed by atoms with Crippen molar-refractivity contribution in [1.29, 1.82) is 0 Å². The lowest BCUT2D eigenvalue weighted by Gasteiger charge is -2.15. The molecule has 32 heavy (non-hydrogen) atoms. The Bertz CT molecular complexity index is 1300. The molecule has 0 bridgehead atoms. The number of carbonyl (C=O) groups is 1. The topological polar surface area (TPSA) is 77.6 Å². The molecule has 1 unspecified atom stereocenters. The molecular weight excluding hydrogens is 400 g/mol. The molecule has 0 radical (unpaired) electrons. The summed E-state index contributed by atoms with van der Waals surface area (Å²) in [6.45, 7) is 8.85. The van der Waals surface area contributed by atoms with E-state index in [0.29, 0.717) is 11.5 Å². The first kappa shape index (κ1) is 20.4. The molecule has 4 aromatic rings. The summed E-state index contributed by atoms with van der Waals surface area (Å²) in [6, 6.07) is 11.8. The van der Waals surface area contributed by atoms with Crippen LogP contribution in [0.15, 0.2) is 42.6 Å². The van der Waals surface area contributed by atoms with Gasteiger partial charge in [0, 0.05) is 29.4 Å². The Morgan fingerprint density at radius 1 is 1.22 bits per heavy atom. The summed E-state index contributed by atoms with van der Waals surface area (Å²) in [5, 5.41) is 13.2. The van der Waals surface area contributed by atoms with Gasteiger partial charge in [0.15, 0.2) is 5.65 Å². The standard InChI is InChI=1S/C25H28N6O/c1-5-30-17(4)21(14-26-30)15(2)27-25(32)20-13-22(18-11-12-18)28-24-23(20)16(3)29-31(24)19-9-7-6-8-10-19/h6-10,13-15,18H,5,11-12H2,1-4H3,(H,27,32). The minimum Gasteiger partial charge on any atom is -0.345 e. The Kier molecular flexibility index (Phi) is 5.04. The normalized spacial score (nSPS) is 14.6. The van der Waals surface area contributed by atoms with Crippen molar-refractivity contribution < 1.29 is 4.79 Å². The average Bonchev–Trinajstić information content (AvgIpc) is 3.51. The van der Waals surface area contributed by atoms with E-state index in [9.17, 15) is 4.79 Å². The van der Waals surface area contributed by atoms with Gasteiger partial charge in [-0.1, -0.05) is 18.2 Å². The molecule has 1 fully saturated rings. The fourth-order valence-corrected chi connectivity index (χ4v) is 4.38. The Labute approximate surface area is 187 Å². The van der Waals surface area contributed by atoms with Crippen LogP contribution in [0.2, 0.25) is 0 Å². The Balaban J connectivity index is 1.57. The molecule has 1 saturated carbocycles. The summed E-state index contributed by atoms with van der Waals surface area (Å²) < 4.78 is 3.80. The van der Waals surface area contributed by atoms with Crippen LogP contribution in [0.3, 0.4) is 0 Å². The molecule has 7 nitrogen and oxygen atoms in total. The van der Waals surface area contributed by atoms with Gasteiger partial charge < -0.3 is 5.32 Å². The van der Waals surface area contributed by atoms with Crippen molar-refractivity contribution in [3.63, 3.8) is 0 Å². The molecule has 3 aromatic heterocycles. The molecule has 164 valence electrons. The van der Waals surface area contributed by atoms with Gasteiger partial charge in [-0.05, 0) is 58.7 Å². The first-order valence-corrected chi connectivity index (χ1v) is 11.3. The van der Waals surface area contributed by atoms with E-state index in [-0.39, 0.29) is 11.9 Å². The zero-order valence-electron chi connectivity index (χ0n) is 19.0. The molecule has 0 spiro atoms. The highest BCUT2D eigenvalue weighted by atomic mass is 16.1. The number of hydrogen-bond donors (Lipinski definition) is 1. The minimum absolute atomic E-state index is 0.105. The van der Waals surface area contributed by atoms with Crippen molar-refractivity contribution in [3.8, 4) is 5.69 Å². The van der Waals surface area contributed by atoms with E-state index < -0.39 is 0 Å². The average molecular weight is 429 g/mol. The second-order valence-electron chi connectivity index (χ2n) is 8.60. The van der Waals surface area contributed by atoms with Crippen molar-refractivity contribution in [2.45, 2.75) is 59.0 Å². The Hall–Kier alpha value is -3.48. The molecular formula is C25H28N6O. The molecule has 7 heteroatoms. The molecule has 0 saturated heterocycles. The van der Waals surface area contributed by atoms with Crippen LogP contribution in [0.25, 0.3) is 16.7 Å². The lowest BCUT2D eigenvalue weighted by atomic mass is 10.1. The highest BCUT2D eigenvalue weighted by molar-refractivity contribution is 6.07. The second kappa shape index (κ2) is 7.89. The lowest BCUT2D eigenvalue weighted by Crippen LogP contribution is -2.27. The monoisotopic (exact) mass is 428 g/mol. The molecule has 5 rings (SSSR count). The van der Waals surface area contributed by atoms with Gasteiger partial charge in [0.05, 0.1) is 34.6 Å². The molecule has 1 aliphatic rings. The van der Waals surface area contributed by atoms with Crippen LogP contribution in [0.5, 0.6) is 0 Å². The van der Waals surface area contributed by atoms with Crippen LogP contribution < -0.4 is 5.32 Å². The maximum atomic E-state index is 13.5. The smallest absolute Gasteiger partial charge is 0.252 e. The summed E-state index contributed by atoms with van der Waals surface area (Å²) in [6.07, 6.45) is 4.08. The largest absolute Gasteiger partial charge is 0.345 e. The van der Waals surface area contributed by atoms with Crippen LogP contribution in [-0.4, -0.2) is 30.5 Å². The molecule has 1 atom stereocenters. The van der Waals surface area contributed by atoms with Gasteiger partial charge in [0.25, 0.3) is 5.91 Å². The van der Waals surface area contributed by atoms with Gasteiger partial charge in [0.1, 0.15) is 0 Å². The molecule has 1 aromatic carbocycles. The van der Waals surface area contributed by atoms with Crippen LogP contribution in [0, 0.1) is 13.8 Å². The highest BCUT2D eigenvalue weighted by Crippen LogP contribution is 2.40. The Morgan fingerprint density at radius 3 is 2.62 bits per heavy atom. The number of nitrogens with zero attached hydrogens (tertiary/aromatic N) is 5. The van der Waals surface area contributed by atoms with E-state index in [0.717, 1.165) is 58.8 Å². The van der Waals surface area contributed by atoms with E-state index in [2.05, 4.69) is 17.3 Å². The van der Waals surface area contributed by atoms with E-state index >= 15 is 0 Å². The van der Waals surface area contributed by atoms with Gasteiger partial charge in [0.2, 0.25) is 0 Å². The predicted molar refractivity (Wildman–Crippen MR) is 124 cm³/mol. The van der Waals surface area contributed by atoms with E-state index in [4.69, 9.17) is 10.1 Å². The number of aromatic nitrogens is 5. The summed E-state index contributed by atoms with van der Waals surface area (Å²) in [4.78, 5) is 18.5. The zero-order chi connectivity index (χ0) is 22.4. The maximum Gasteiger partial charge on any atom is 0.252 e. The first-order chi connectivity index (χ1) is 15.5. The third kappa shape index (κ3) is 3.47. The van der Waals surface area contributed by atoms with Crippen LogP contribution in [0.1, 0.15) is 71.7 Å². The summed E-state index contributed by atoms with van der Waals surface area (Å²) >= 11 is 0. The van der Waals surface area contributed by atoms with Crippen LogP contribution in [-0.2, 0) is 6.54 Å². The maximum absolute atomic E-state index is 13.5. The number of amides is 1. The number of fused-ring (bicyclic) bond motifs is 1. The zero-order valence-corrected chi connectivity index (χ0v) is 19.0. The highest BCUT2D eigenvalue weighted by Gasteiger charge is 2.29. The summed E-state index contributed by atoms with van der Waals surface area (Å²) in [5.74, 6) is 0.319. The van der Waals surface area contributed by atoms with Gasteiger partial charge in [-0.15, -0.1) is 0 Å². The van der Waals surface area contributed by atoms with Crippen molar-refractivity contribution in [2.75, 3.05) is 0 Å². The SMILES string of the molecule is CCn1ncc(C(C)NC(=O)c2cc(C3CC3)nc3c2c(C)nn3-c2ccccc2)c1C. The third-order valence-electron chi connectivity index (χ3n) is 6.33. The number of hydrogen-bond acceptors (Lipinski definition) is 4. The lowest BCUT2D eigenvalue weighted by molar-refractivity contribution is 0.0941. The second-order valence-corrected chi connectivity index (χ2v) is 8.60. The van der Waals surface area contributed by atoms with Gasteiger partial charge in [-0.2, -0.15) is 10.2 Å². The quantitative estimate of drug-likeness (QED) is 0.486. The first-order valence-electron chi connectivity index (χ1n) is 11.3. The van der Waals surface area contributed by atoms with Crippen molar-refractivity contribution in [1.82, 2.24) is 29.9 Å². The predicted octanol–water partition coefficient (Wildman–Crippen LogP) is 4.62. The number of nitrogens with one attached hydrogen (secondary N) is 1. The van der Waals surface area contributed by atoms with E-state index in [1.54, 1.807) is 0 Å². The minimum atomic E-state index is -0.153. The molecule has 1 aliphatic carbocycles. The summed E-state index contributed by atoms with van der Waals surface area (Å²) in [7, 11) is 0. The summed E-state index contributed by atoms with van der Waals surface area (Å²) in [5.41, 5.74) is 6.20. The molecule has 1 amide bonds. The van der Waals surface area contributed by atoms with Gasteiger partial charge in [-0.25, -0.2) is 9.67 Å². The van der Waals surface area contributed by atoms with E-state index in [1.165, 1.54) is 0 Å².